The van der Waals surface area contributed by atoms with Crippen molar-refractivity contribution in [1.29, 1.82) is 0 Å². The van der Waals surface area contributed by atoms with Gasteiger partial charge in [-0.15, -0.1) is 0 Å². The highest BCUT2D eigenvalue weighted by Gasteiger charge is 2.21. The Balaban J connectivity index is 1.45. The third-order valence-electron chi connectivity index (χ3n) is 5.39. The van der Waals surface area contributed by atoms with Crippen LogP contribution < -0.4 is 10.2 Å². The fourth-order valence-electron chi connectivity index (χ4n) is 3.95. The van der Waals surface area contributed by atoms with Crippen LogP contribution in [0.15, 0.2) is 66.4 Å². The van der Waals surface area contributed by atoms with Crippen LogP contribution in [-0.2, 0) is 17.8 Å². The third kappa shape index (κ3) is 4.40. The van der Waals surface area contributed by atoms with Crippen LogP contribution in [0.5, 0.6) is 0 Å². The second-order valence-electron chi connectivity index (χ2n) is 7.38. The van der Waals surface area contributed by atoms with Gasteiger partial charge in [0.1, 0.15) is 0 Å². The summed E-state index contributed by atoms with van der Waals surface area (Å²) in [6, 6.07) is 18.8. The zero-order chi connectivity index (χ0) is 18.5. The SMILES string of the molecule is O=C(NCCN1CCCC1)C1=CN(Cc2ccccc2)c2ccccc2C1. The fourth-order valence-corrected chi connectivity index (χ4v) is 3.95. The molecular formula is C23H27N3O. The van der Waals surface area contributed by atoms with E-state index in [1.807, 2.05) is 18.3 Å². The molecule has 2 heterocycles. The quantitative estimate of drug-likeness (QED) is 0.857. The van der Waals surface area contributed by atoms with Crippen LogP contribution in [0.3, 0.4) is 0 Å². The minimum atomic E-state index is 0.0572. The molecule has 0 bridgehead atoms. The number of benzene rings is 2. The van der Waals surface area contributed by atoms with Crippen LogP contribution >= 0.6 is 0 Å². The average Bonchev–Trinajstić information content (AvgIpc) is 3.22. The highest BCUT2D eigenvalue weighted by atomic mass is 16.1. The highest BCUT2D eigenvalue weighted by Crippen LogP contribution is 2.30. The maximum absolute atomic E-state index is 12.8. The molecular weight excluding hydrogens is 334 g/mol. The minimum absolute atomic E-state index is 0.0572. The van der Waals surface area contributed by atoms with Gasteiger partial charge < -0.3 is 15.1 Å². The Morgan fingerprint density at radius 1 is 0.963 bits per heavy atom. The van der Waals surface area contributed by atoms with Gasteiger partial charge in [0.2, 0.25) is 5.91 Å². The molecule has 0 unspecified atom stereocenters. The molecule has 2 aromatic carbocycles. The summed E-state index contributed by atoms with van der Waals surface area (Å²) in [5.41, 5.74) is 4.47. The van der Waals surface area contributed by atoms with Crippen LogP contribution in [0.4, 0.5) is 5.69 Å². The molecule has 1 amide bonds. The Hall–Kier alpha value is -2.59. The number of likely N-dealkylation sites (tertiary alicyclic amines) is 1. The number of fused-ring (bicyclic) bond motifs is 1. The minimum Gasteiger partial charge on any atom is -0.351 e. The molecule has 0 atom stereocenters. The molecule has 4 rings (SSSR count). The number of carbonyl (C=O) groups is 1. The Bertz CT molecular complexity index is 809. The van der Waals surface area contributed by atoms with Crippen molar-refractivity contribution >= 4 is 11.6 Å². The van der Waals surface area contributed by atoms with Gasteiger partial charge in [-0.1, -0.05) is 48.5 Å². The van der Waals surface area contributed by atoms with Gasteiger partial charge in [0.15, 0.2) is 0 Å². The Morgan fingerprint density at radius 3 is 2.52 bits per heavy atom. The lowest BCUT2D eigenvalue weighted by Crippen LogP contribution is -2.36. The van der Waals surface area contributed by atoms with Crippen molar-refractivity contribution in [2.45, 2.75) is 25.8 Å². The van der Waals surface area contributed by atoms with Gasteiger partial charge in [-0.3, -0.25) is 4.79 Å². The summed E-state index contributed by atoms with van der Waals surface area (Å²) in [6.07, 6.45) is 5.28. The summed E-state index contributed by atoms with van der Waals surface area (Å²) in [4.78, 5) is 17.4. The molecule has 2 aromatic rings. The Morgan fingerprint density at radius 2 is 1.70 bits per heavy atom. The van der Waals surface area contributed by atoms with Crippen molar-refractivity contribution in [3.8, 4) is 0 Å². The normalized spacial score (nSPS) is 16.7. The fraction of sp³-hybridized carbons (Fsp3) is 0.348. The second kappa shape index (κ2) is 8.40. The predicted octanol–water partition coefficient (Wildman–Crippen LogP) is 3.35. The molecule has 4 nitrogen and oxygen atoms in total. The van der Waals surface area contributed by atoms with Crippen molar-refractivity contribution in [2.75, 3.05) is 31.1 Å². The number of anilines is 1. The lowest BCUT2D eigenvalue weighted by atomic mass is 9.98. The molecule has 140 valence electrons. The number of amides is 1. The number of para-hydroxylation sites is 1. The number of rotatable bonds is 6. The first kappa shape index (κ1) is 17.8. The topological polar surface area (TPSA) is 35.6 Å². The van der Waals surface area contributed by atoms with Crippen LogP contribution in [0.25, 0.3) is 0 Å². The molecule has 1 saturated heterocycles. The maximum atomic E-state index is 12.8. The Labute approximate surface area is 161 Å². The lowest BCUT2D eigenvalue weighted by Gasteiger charge is -2.29. The van der Waals surface area contributed by atoms with Gasteiger partial charge in [0.05, 0.1) is 0 Å². The third-order valence-corrected chi connectivity index (χ3v) is 5.39. The van der Waals surface area contributed by atoms with Crippen molar-refractivity contribution in [2.24, 2.45) is 0 Å². The number of hydrogen-bond donors (Lipinski definition) is 1. The largest absolute Gasteiger partial charge is 0.351 e. The van der Waals surface area contributed by atoms with Gasteiger partial charge in [0, 0.05) is 43.5 Å². The van der Waals surface area contributed by atoms with Crippen LogP contribution in [0, 0.1) is 0 Å². The first-order valence-electron chi connectivity index (χ1n) is 9.89. The highest BCUT2D eigenvalue weighted by molar-refractivity contribution is 5.95. The monoisotopic (exact) mass is 361 g/mol. The van der Waals surface area contributed by atoms with E-state index >= 15 is 0 Å². The molecule has 0 aromatic heterocycles. The number of carbonyl (C=O) groups excluding carboxylic acids is 1. The molecule has 4 heteroatoms. The van der Waals surface area contributed by atoms with Crippen LogP contribution in [0.2, 0.25) is 0 Å². The summed E-state index contributed by atoms with van der Waals surface area (Å²) in [5.74, 6) is 0.0572. The van der Waals surface area contributed by atoms with Crippen molar-refractivity contribution < 1.29 is 4.79 Å². The molecule has 2 aliphatic rings. The van der Waals surface area contributed by atoms with Crippen molar-refractivity contribution in [3.05, 3.63) is 77.5 Å². The van der Waals surface area contributed by atoms with Gasteiger partial charge in [0.25, 0.3) is 0 Å². The van der Waals surface area contributed by atoms with Crippen LogP contribution in [-0.4, -0.2) is 37.0 Å². The van der Waals surface area contributed by atoms with Crippen molar-refractivity contribution in [3.63, 3.8) is 0 Å². The molecule has 27 heavy (non-hydrogen) atoms. The zero-order valence-corrected chi connectivity index (χ0v) is 15.7. The molecule has 2 aliphatic heterocycles. The standard InChI is InChI=1S/C23H27N3O/c27-23(24-12-15-25-13-6-7-14-25)21-16-20-10-4-5-11-22(20)26(18-21)17-19-8-2-1-3-9-19/h1-5,8-11,18H,6-7,12-17H2,(H,24,27). The van der Waals surface area contributed by atoms with E-state index in [-0.39, 0.29) is 5.91 Å². The van der Waals surface area contributed by atoms with E-state index in [0.29, 0.717) is 6.42 Å². The van der Waals surface area contributed by atoms with E-state index in [9.17, 15) is 4.79 Å². The molecule has 0 aliphatic carbocycles. The molecule has 0 radical (unpaired) electrons. The summed E-state index contributed by atoms with van der Waals surface area (Å²) < 4.78 is 0. The zero-order valence-electron chi connectivity index (χ0n) is 15.7. The summed E-state index contributed by atoms with van der Waals surface area (Å²) in [5, 5.41) is 3.12. The maximum Gasteiger partial charge on any atom is 0.249 e. The predicted molar refractivity (Wildman–Crippen MR) is 110 cm³/mol. The van der Waals surface area contributed by atoms with E-state index < -0.39 is 0 Å². The van der Waals surface area contributed by atoms with E-state index in [0.717, 1.165) is 38.3 Å². The average molecular weight is 361 g/mol. The summed E-state index contributed by atoms with van der Waals surface area (Å²) in [6.45, 7) is 4.76. The van der Waals surface area contributed by atoms with Crippen LogP contribution in [0.1, 0.15) is 24.0 Å². The number of hydrogen-bond acceptors (Lipinski definition) is 3. The van der Waals surface area contributed by atoms with E-state index in [4.69, 9.17) is 0 Å². The van der Waals surface area contributed by atoms with Crippen molar-refractivity contribution in [1.82, 2.24) is 10.2 Å². The van der Waals surface area contributed by atoms with Gasteiger partial charge in [-0.2, -0.15) is 0 Å². The second-order valence-corrected chi connectivity index (χ2v) is 7.38. The first-order valence-corrected chi connectivity index (χ1v) is 9.89. The smallest absolute Gasteiger partial charge is 0.249 e. The molecule has 1 fully saturated rings. The van der Waals surface area contributed by atoms with Gasteiger partial charge in [-0.25, -0.2) is 0 Å². The Kier molecular flexibility index (Phi) is 5.54. The summed E-state index contributed by atoms with van der Waals surface area (Å²) in [7, 11) is 0. The van der Waals surface area contributed by atoms with Gasteiger partial charge >= 0.3 is 0 Å². The molecule has 1 N–H and O–H groups in total. The number of nitrogens with one attached hydrogen (secondary N) is 1. The van der Waals surface area contributed by atoms with E-state index in [1.165, 1.54) is 29.7 Å². The van der Waals surface area contributed by atoms with E-state index in [2.05, 4.69) is 57.6 Å². The number of nitrogens with zero attached hydrogens (tertiary/aromatic N) is 2. The molecule has 0 saturated carbocycles. The summed E-state index contributed by atoms with van der Waals surface area (Å²) >= 11 is 0. The molecule has 0 spiro atoms. The first-order chi connectivity index (χ1) is 13.3. The van der Waals surface area contributed by atoms with E-state index in [1.54, 1.807) is 0 Å². The lowest BCUT2D eigenvalue weighted by molar-refractivity contribution is -0.117. The van der Waals surface area contributed by atoms with Gasteiger partial charge in [-0.05, 0) is 43.1 Å².